The van der Waals surface area contributed by atoms with Gasteiger partial charge < -0.3 is 19.4 Å². The molecule has 0 radical (unpaired) electrons. The molecular weight excluding hydrogens is 868 g/mol. The minimum absolute atomic E-state index is 0.0390. The fourth-order valence-corrected chi connectivity index (χ4v) is 8.91. The summed E-state index contributed by atoms with van der Waals surface area (Å²) in [6.07, 6.45) is 58.1. The first kappa shape index (κ1) is 66.0. The summed E-state index contributed by atoms with van der Waals surface area (Å²) in [7, 11) is 1.49. The average molecular weight is 978 g/mol. The van der Waals surface area contributed by atoms with Crippen LogP contribution in [0.25, 0.3) is 0 Å². The molecule has 3 atom stereocenters. The van der Waals surface area contributed by atoms with Crippen molar-refractivity contribution >= 4 is 19.7 Å². The highest BCUT2D eigenvalue weighted by atomic mass is 31.2. The number of phosphoric ester groups is 1. The molecule has 9 nitrogen and oxygen atoms in total. The Labute approximate surface area is 420 Å². The SMILES string of the molecule is CC/C=C/C=C/C=C/CCCCCCCCCC(=O)OC(/C=C/CCCCCCCCCCCCC)C(COP(=O)(O)OCC[N+](C)(C)C)NC(=O)CCCCCCCCCCCCCCCC. The zero-order chi connectivity index (χ0) is 50.1. The van der Waals surface area contributed by atoms with E-state index >= 15 is 0 Å². The molecule has 2 N–H and O–H groups in total. The highest BCUT2D eigenvalue weighted by Crippen LogP contribution is 2.43. The molecule has 0 rings (SSSR count). The van der Waals surface area contributed by atoms with E-state index in [9.17, 15) is 19.0 Å². The summed E-state index contributed by atoms with van der Waals surface area (Å²) >= 11 is 0. The number of hydrogen-bond donors (Lipinski definition) is 2. The van der Waals surface area contributed by atoms with Crippen LogP contribution in [0.1, 0.15) is 258 Å². The molecule has 0 aliphatic rings. The highest BCUT2D eigenvalue weighted by molar-refractivity contribution is 7.47. The van der Waals surface area contributed by atoms with Crippen molar-refractivity contribution in [3.8, 4) is 0 Å². The number of rotatable bonds is 51. The monoisotopic (exact) mass is 978 g/mol. The fourth-order valence-electron chi connectivity index (χ4n) is 8.18. The lowest BCUT2D eigenvalue weighted by molar-refractivity contribution is -0.870. The van der Waals surface area contributed by atoms with Crippen LogP contribution in [0.4, 0.5) is 0 Å². The van der Waals surface area contributed by atoms with Gasteiger partial charge in [0, 0.05) is 12.8 Å². The molecule has 0 heterocycles. The number of carbonyl (C=O) groups is 2. The Balaban J connectivity index is 5.38. The van der Waals surface area contributed by atoms with E-state index in [4.69, 9.17) is 13.8 Å². The molecule has 0 aromatic rings. The largest absolute Gasteiger partial charge is 0.472 e. The summed E-state index contributed by atoms with van der Waals surface area (Å²) in [5.74, 6) is -0.512. The highest BCUT2D eigenvalue weighted by Gasteiger charge is 2.30. The summed E-state index contributed by atoms with van der Waals surface area (Å²) in [6.45, 7) is 6.89. The molecule has 0 spiro atoms. The Morgan fingerprint density at radius 3 is 1.40 bits per heavy atom. The molecule has 10 heteroatoms. The molecule has 0 saturated carbocycles. The van der Waals surface area contributed by atoms with Crippen LogP contribution in [0.5, 0.6) is 0 Å². The minimum atomic E-state index is -4.44. The van der Waals surface area contributed by atoms with Crippen molar-refractivity contribution < 1.29 is 37.3 Å². The van der Waals surface area contributed by atoms with Gasteiger partial charge in [-0.3, -0.25) is 18.6 Å². The number of nitrogens with one attached hydrogen (secondary N) is 1. The molecule has 0 bridgehead atoms. The maximum absolute atomic E-state index is 13.5. The van der Waals surface area contributed by atoms with E-state index in [0.29, 0.717) is 17.4 Å². The summed E-state index contributed by atoms with van der Waals surface area (Å²) in [6, 6.07) is -0.849. The van der Waals surface area contributed by atoms with E-state index in [-0.39, 0.29) is 31.5 Å². The number of likely N-dealkylation sites (N-methyl/N-ethyl adjacent to an activating group) is 1. The minimum Gasteiger partial charge on any atom is -0.456 e. The Kier molecular flexibility index (Phi) is 47.1. The maximum atomic E-state index is 13.5. The second-order valence-corrected chi connectivity index (χ2v) is 22.0. The zero-order valence-electron chi connectivity index (χ0n) is 45.3. The first-order valence-electron chi connectivity index (χ1n) is 28.5. The molecule has 0 aliphatic carbocycles. The Hall–Kier alpha value is -2.03. The number of allylic oxidation sites excluding steroid dienone is 7. The molecular formula is C58H110N2O7P+. The summed E-state index contributed by atoms with van der Waals surface area (Å²) in [4.78, 5) is 37.6. The van der Waals surface area contributed by atoms with E-state index in [1.165, 1.54) is 148 Å². The van der Waals surface area contributed by atoms with E-state index in [1.807, 2.05) is 33.3 Å². The third-order valence-electron chi connectivity index (χ3n) is 12.6. The smallest absolute Gasteiger partial charge is 0.456 e. The van der Waals surface area contributed by atoms with Crippen LogP contribution in [0.3, 0.4) is 0 Å². The predicted molar refractivity (Wildman–Crippen MR) is 291 cm³/mol. The van der Waals surface area contributed by atoms with Crippen LogP contribution in [0, 0.1) is 0 Å². The number of unbranched alkanes of at least 4 members (excludes halogenated alkanes) is 31. The van der Waals surface area contributed by atoms with Gasteiger partial charge in [0.15, 0.2) is 0 Å². The van der Waals surface area contributed by atoms with E-state index in [0.717, 1.165) is 77.0 Å². The van der Waals surface area contributed by atoms with Crippen LogP contribution in [-0.4, -0.2) is 74.3 Å². The van der Waals surface area contributed by atoms with Gasteiger partial charge in [0.1, 0.15) is 19.3 Å². The summed E-state index contributed by atoms with van der Waals surface area (Å²) in [5.41, 5.74) is 0. The van der Waals surface area contributed by atoms with E-state index in [2.05, 4.69) is 62.5 Å². The van der Waals surface area contributed by atoms with Crippen LogP contribution in [-0.2, 0) is 27.9 Å². The van der Waals surface area contributed by atoms with Crippen LogP contribution < -0.4 is 5.32 Å². The molecule has 0 saturated heterocycles. The normalized spacial score (nSPS) is 14.2. The van der Waals surface area contributed by atoms with Crippen molar-refractivity contribution in [2.75, 3.05) is 40.9 Å². The molecule has 0 aromatic carbocycles. The molecule has 68 heavy (non-hydrogen) atoms. The van der Waals surface area contributed by atoms with Gasteiger partial charge in [0.25, 0.3) is 0 Å². The number of esters is 1. The molecule has 0 fully saturated rings. The number of carbonyl (C=O) groups excluding carboxylic acids is 2. The lowest BCUT2D eigenvalue weighted by atomic mass is 10.0. The van der Waals surface area contributed by atoms with Gasteiger partial charge in [-0.15, -0.1) is 0 Å². The topological polar surface area (TPSA) is 111 Å². The first-order chi connectivity index (χ1) is 32.9. The van der Waals surface area contributed by atoms with Crippen molar-refractivity contribution in [2.24, 2.45) is 0 Å². The number of phosphoric acid groups is 1. The summed E-state index contributed by atoms with van der Waals surface area (Å²) in [5, 5.41) is 3.05. The Morgan fingerprint density at radius 2 is 0.941 bits per heavy atom. The second kappa shape index (κ2) is 48.6. The van der Waals surface area contributed by atoms with Gasteiger partial charge in [-0.05, 0) is 51.0 Å². The Morgan fingerprint density at radius 1 is 0.529 bits per heavy atom. The van der Waals surface area contributed by atoms with Gasteiger partial charge in [-0.25, -0.2) is 4.57 Å². The zero-order valence-corrected chi connectivity index (χ0v) is 46.2. The van der Waals surface area contributed by atoms with Crippen LogP contribution >= 0.6 is 7.82 Å². The number of quaternary nitrogens is 1. The van der Waals surface area contributed by atoms with Crippen molar-refractivity contribution in [3.05, 3.63) is 48.6 Å². The molecule has 398 valence electrons. The quantitative estimate of drug-likeness (QED) is 0.0156. The number of nitrogens with zero attached hydrogens (tertiary/aromatic N) is 1. The van der Waals surface area contributed by atoms with Crippen molar-refractivity contribution in [3.63, 3.8) is 0 Å². The van der Waals surface area contributed by atoms with Gasteiger partial charge in [0.2, 0.25) is 5.91 Å². The lowest BCUT2D eigenvalue weighted by Gasteiger charge is -2.27. The Bertz CT molecular complexity index is 1310. The molecule has 3 unspecified atom stereocenters. The van der Waals surface area contributed by atoms with Gasteiger partial charge in [-0.2, -0.15) is 0 Å². The van der Waals surface area contributed by atoms with E-state index in [1.54, 1.807) is 0 Å². The molecule has 0 aromatic heterocycles. The van der Waals surface area contributed by atoms with Crippen LogP contribution in [0.15, 0.2) is 48.6 Å². The van der Waals surface area contributed by atoms with Crippen molar-refractivity contribution in [1.82, 2.24) is 5.32 Å². The maximum Gasteiger partial charge on any atom is 0.472 e. The van der Waals surface area contributed by atoms with E-state index < -0.39 is 20.0 Å². The fraction of sp³-hybridized carbons (Fsp3) is 0.828. The second-order valence-electron chi connectivity index (χ2n) is 20.5. The predicted octanol–water partition coefficient (Wildman–Crippen LogP) is 16.9. The molecule has 1 amide bonds. The average Bonchev–Trinajstić information content (AvgIpc) is 3.29. The third-order valence-corrected chi connectivity index (χ3v) is 13.6. The number of amides is 1. The van der Waals surface area contributed by atoms with Gasteiger partial charge in [-0.1, -0.05) is 243 Å². The van der Waals surface area contributed by atoms with Crippen LogP contribution in [0.2, 0.25) is 0 Å². The van der Waals surface area contributed by atoms with Gasteiger partial charge in [0.05, 0.1) is 33.8 Å². The van der Waals surface area contributed by atoms with Crippen molar-refractivity contribution in [1.29, 1.82) is 0 Å². The lowest BCUT2D eigenvalue weighted by Crippen LogP contribution is -2.47. The summed E-state index contributed by atoms with van der Waals surface area (Å²) < 4.78 is 30.6. The molecule has 0 aliphatic heterocycles. The number of ether oxygens (including phenoxy) is 1. The first-order valence-corrected chi connectivity index (χ1v) is 30.0. The van der Waals surface area contributed by atoms with Gasteiger partial charge >= 0.3 is 13.8 Å². The van der Waals surface area contributed by atoms with Crippen molar-refractivity contribution in [2.45, 2.75) is 270 Å². The standard InChI is InChI=1S/C58H109N2O7P/c1-7-10-13-16-19-22-25-28-30-33-36-39-42-45-48-51-58(62)67-56(49-46-43-40-37-34-31-27-24-21-18-15-12-9-3)55(54-66-68(63,64)65-53-52-60(4,5)6)59-57(61)50-47-44-41-38-35-32-29-26-23-20-17-14-11-8-2/h10,13,16,19,22,25,46,49,55-56H,7-9,11-12,14-15,17-18,20-21,23-24,26-45,47-48,50-54H2,1-6H3,(H-,59,61,63,64)/p+1/b13-10+,19-16+,25-22+,49-46+. The third kappa shape index (κ3) is 49.0. The number of hydrogen-bond acceptors (Lipinski definition) is 6.